The van der Waals surface area contributed by atoms with Crippen molar-refractivity contribution in [3.8, 4) is 0 Å². The van der Waals surface area contributed by atoms with Crippen LogP contribution in [0.15, 0.2) is 0 Å². The molecule has 4 nitrogen and oxygen atoms in total. The van der Waals surface area contributed by atoms with Crippen molar-refractivity contribution < 1.29 is 18.9 Å². The molecule has 1 saturated heterocycles. The fraction of sp³-hybridized carbons (Fsp3) is 1.00. The van der Waals surface area contributed by atoms with Gasteiger partial charge < -0.3 is 18.9 Å². The molecule has 1 aliphatic heterocycles. The van der Waals surface area contributed by atoms with E-state index in [1.54, 1.807) is 21.3 Å². The Morgan fingerprint density at radius 1 is 1.19 bits per heavy atom. The van der Waals surface area contributed by atoms with Crippen molar-refractivity contribution in [2.45, 2.75) is 32.2 Å². The summed E-state index contributed by atoms with van der Waals surface area (Å²) < 4.78 is 22.0. The van der Waals surface area contributed by atoms with Crippen LogP contribution in [0.1, 0.15) is 13.8 Å². The Morgan fingerprint density at radius 2 is 1.88 bits per heavy atom. The van der Waals surface area contributed by atoms with Crippen LogP contribution in [0.5, 0.6) is 0 Å². The molecule has 0 aliphatic carbocycles. The first kappa shape index (κ1) is 13.9. The van der Waals surface area contributed by atoms with Crippen molar-refractivity contribution in [1.29, 1.82) is 0 Å². The van der Waals surface area contributed by atoms with E-state index in [4.69, 9.17) is 18.9 Å². The summed E-state index contributed by atoms with van der Waals surface area (Å²) in [5.74, 6) is 0.849. The van der Waals surface area contributed by atoms with E-state index in [1.165, 1.54) is 0 Å². The average Bonchev–Trinajstić information content (AvgIpc) is 2.28. The van der Waals surface area contributed by atoms with Crippen molar-refractivity contribution in [2.24, 2.45) is 11.8 Å². The first-order valence-electron chi connectivity index (χ1n) is 5.81. The van der Waals surface area contributed by atoms with Crippen molar-refractivity contribution in [2.75, 3.05) is 34.5 Å². The molecule has 0 spiro atoms. The maximum atomic E-state index is 5.73. The molecular formula is C12H24O4. The number of ether oxygens (including phenoxy) is 4. The third-order valence-electron chi connectivity index (χ3n) is 3.33. The third-order valence-corrected chi connectivity index (χ3v) is 3.33. The molecule has 4 heteroatoms. The van der Waals surface area contributed by atoms with E-state index in [-0.39, 0.29) is 18.3 Å². The summed E-state index contributed by atoms with van der Waals surface area (Å²) in [5, 5.41) is 0. The van der Waals surface area contributed by atoms with Gasteiger partial charge in [-0.3, -0.25) is 0 Å². The van der Waals surface area contributed by atoms with Gasteiger partial charge in [-0.15, -0.1) is 0 Å². The topological polar surface area (TPSA) is 36.9 Å². The smallest absolute Gasteiger partial charge is 0.107 e. The number of methoxy groups -OCH3 is 3. The van der Waals surface area contributed by atoms with Crippen LogP contribution in [0.2, 0.25) is 0 Å². The minimum atomic E-state index is 0.00815. The fourth-order valence-electron chi connectivity index (χ4n) is 2.53. The summed E-state index contributed by atoms with van der Waals surface area (Å²) in [6, 6.07) is 0. The van der Waals surface area contributed by atoms with E-state index in [2.05, 4.69) is 13.8 Å². The highest BCUT2D eigenvalue weighted by Crippen LogP contribution is 2.31. The Kier molecular flexibility index (Phi) is 5.69. The lowest BCUT2D eigenvalue weighted by Crippen LogP contribution is -2.54. The summed E-state index contributed by atoms with van der Waals surface area (Å²) in [6.07, 6.45) is 0.158. The highest BCUT2D eigenvalue weighted by molar-refractivity contribution is 4.90. The van der Waals surface area contributed by atoms with Gasteiger partial charge in [0.1, 0.15) is 6.10 Å². The predicted octanol–water partition coefficient (Wildman–Crippen LogP) is 1.33. The fourth-order valence-corrected chi connectivity index (χ4v) is 2.53. The van der Waals surface area contributed by atoms with Gasteiger partial charge in [0.25, 0.3) is 0 Å². The Bertz CT molecular complexity index is 195. The standard InChI is InChI=1S/C12H24O4/c1-8(2)11-9(14-4)7-16-10(6-13-3)12(11)15-5/h8-12H,6-7H2,1-5H3/t9-,10-,11-,12-/m1/s1. The van der Waals surface area contributed by atoms with Crippen LogP contribution in [-0.4, -0.2) is 52.9 Å². The molecule has 0 N–H and O–H groups in total. The molecule has 1 heterocycles. The Balaban J connectivity index is 2.76. The van der Waals surface area contributed by atoms with E-state index in [1.807, 2.05) is 0 Å². The lowest BCUT2D eigenvalue weighted by atomic mass is 9.81. The molecule has 1 rings (SSSR count). The minimum absolute atomic E-state index is 0.00815. The zero-order chi connectivity index (χ0) is 12.1. The van der Waals surface area contributed by atoms with Gasteiger partial charge in [0.05, 0.1) is 25.4 Å². The number of hydrogen-bond donors (Lipinski definition) is 0. The molecule has 16 heavy (non-hydrogen) atoms. The molecule has 0 bridgehead atoms. The highest BCUT2D eigenvalue weighted by Gasteiger charge is 2.42. The lowest BCUT2D eigenvalue weighted by Gasteiger charge is -2.43. The molecule has 1 fully saturated rings. The zero-order valence-electron chi connectivity index (χ0n) is 10.9. The van der Waals surface area contributed by atoms with Crippen LogP contribution in [0, 0.1) is 11.8 Å². The van der Waals surface area contributed by atoms with Gasteiger partial charge in [-0.05, 0) is 5.92 Å². The molecule has 4 atom stereocenters. The van der Waals surface area contributed by atoms with E-state index in [0.717, 1.165) is 0 Å². The second-order valence-electron chi connectivity index (χ2n) is 4.62. The van der Waals surface area contributed by atoms with Crippen LogP contribution >= 0.6 is 0 Å². The largest absolute Gasteiger partial charge is 0.382 e. The third kappa shape index (κ3) is 2.94. The van der Waals surface area contributed by atoms with Crippen LogP contribution in [0.3, 0.4) is 0 Å². The van der Waals surface area contributed by atoms with Gasteiger partial charge in [-0.25, -0.2) is 0 Å². The van der Waals surface area contributed by atoms with Crippen LogP contribution in [0.4, 0.5) is 0 Å². The highest BCUT2D eigenvalue weighted by atomic mass is 16.6. The van der Waals surface area contributed by atoms with Gasteiger partial charge in [0.15, 0.2) is 0 Å². The SMILES string of the molecule is COC[C@H]1OC[C@@H](OC)[C@@H](C(C)C)[C@@H]1OC. The predicted molar refractivity (Wildman–Crippen MR) is 61.5 cm³/mol. The average molecular weight is 232 g/mol. The van der Waals surface area contributed by atoms with Crippen molar-refractivity contribution in [1.82, 2.24) is 0 Å². The second-order valence-corrected chi connectivity index (χ2v) is 4.62. The molecule has 1 aliphatic rings. The zero-order valence-corrected chi connectivity index (χ0v) is 10.9. The molecule has 0 saturated carbocycles. The van der Waals surface area contributed by atoms with E-state index < -0.39 is 0 Å². The van der Waals surface area contributed by atoms with Crippen LogP contribution < -0.4 is 0 Å². The Morgan fingerprint density at radius 3 is 2.31 bits per heavy atom. The lowest BCUT2D eigenvalue weighted by molar-refractivity contribution is -0.198. The van der Waals surface area contributed by atoms with Crippen molar-refractivity contribution in [3.05, 3.63) is 0 Å². The summed E-state index contributed by atoms with van der Waals surface area (Å²) >= 11 is 0. The van der Waals surface area contributed by atoms with E-state index >= 15 is 0 Å². The summed E-state index contributed by atoms with van der Waals surface area (Å²) in [5.41, 5.74) is 0. The normalized spacial score (nSPS) is 35.6. The number of hydrogen-bond acceptors (Lipinski definition) is 4. The molecule has 96 valence electrons. The molecule has 0 radical (unpaired) electrons. The summed E-state index contributed by atoms with van der Waals surface area (Å²) in [7, 11) is 5.14. The first-order valence-corrected chi connectivity index (χ1v) is 5.81. The van der Waals surface area contributed by atoms with Crippen molar-refractivity contribution in [3.63, 3.8) is 0 Å². The molecule has 0 aromatic carbocycles. The quantitative estimate of drug-likeness (QED) is 0.716. The maximum Gasteiger partial charge on any atom is 0.107 e. The molecule has 0 aromatic heterocycles. The molecule has 0 unspecified atom stereocenters. The molecular weight excluding hydrogens is 208 g/mol. The van der Waals surface area contributed by atoms with Crippen LogP contribution in [-0.2, 0) is 18.9 Å². The maximum absolute atomic E-state index is 5.73. The second kappa shape index (κ2) is 6.55. The van der Waals surface area contributed by atoms with Gasteiger partial charge in [-0.2, -0.15) is 0 Å². The summed E-state index contributed by atoms with van der Waals surface area (Å²) in [6.45, 7) is 5.57. The Labute approximate surface area is 98.2 Å². The molecule has 0 aromatic rings. The van der Waals surface area contributed by atoms with Gasteiger partial charge in [-0.1, -0.05) is 13.8 Å². The van der Waals surface area contributed by atoms with Crippen LogP contribution in [0.25, 0.3) is 0 Å². The monoisotopic (exact) mass is 232 g/mol. The van der Waals surface area contributed by atoms with E-state index in [9.17, 15) is 0 Å². The first-order chi connectivity index (χ1) is 7.65. The minimum Gasteiger partial charge on any atom is -0.382 e. The van der Waals surface area contributed by atoms with Gasteiger partial charge in [0.2, 0.25) is 0 Å². The molecule has 0 amide bonds. The summed E-state index contributed by atoms with van der Waals surface area (Å²) in [4.78, 5) is 0. The van der Waals surface area contributed by atoms with Gasteiger partial charge >= 0.3 is 0 Å². The van der Waals surface area contributed by atoms with E-state index in [0.29, 0.717) is 25.0 Å². The number of rotatable bonds is 5. The van der Waals surface area contributed by atoms with Gasteiger partial charge in [0, 0.05) is 27.2 Å². The Hall–Kier alpha value is -0.160. The van der Waals surface area contributed by atoms with Crippen molar-refractivity contribution >= 4 is 0 Å².